The van der Waals surface area contributed by atoms with Gasteiger partial charge in [-0.15, -0.1) is 4.68 Å². The molecule has 1 heterocycles. The van der Waals surface area contributed by atoms with Gasteiger partial charge in [-0.1, -0.05) is 13.8 Å². The highest BCUT2D eigenvalue weighted by Crippen LogP contribution is 2.06. The smallest absolute Gasteiger partial charge is 0.305 e. The Morgan fingerprint density at radius 3 is 2.60 bits per heavy atom. The van der Waals surface area contributed by atoms with Crippen LogP contribution in [-0.4, -0.2) is 29.8 Å². The molecule has 2 N–H and O–H groups in total. The molecule has 0 fully saturated rings. The fourth-order valence-corrected chi connectivity index (χ4v) is 1.04. The van der Waals surface area contributed by atoms with E-state index in [4.69, 9.17) is 5.11 Å². The number of nitrogens with one attached hydrogen (secondary N) is 1. The number of aromatic nitrogens is 2. The van der Waals surface area contributed by atoms with Crippen molar-refractivity contribution in [2.24, 2.45) is 7.05 Å². The highest BCUT2D eigenvalue weighted by Gasteiger charge is 2.08. The van der Waals surface area contributed by atoms with E-state index >= 15 is 0 Å². The molecule has 5 nitrogen and oxygen atoms in total. The molecule has 0 spiro atoms. The van der Waals surface area contributed by atoms with Gasteiger partial charge >= 0.3 is 5.97 Å². The second-order valence-corrected chi connectivity index (χ2v) is 3.00. The lowest BCUT2D eigenvalue weighted by atomic mass is 10.4. The molecule has 86 valence electrons. The fraction of sp³-hybridized carbons (Fsp3) is 0.600. The van der Waals surface area contributed by atoms with Crippen molar-refractivity contribution in [2.45, 2.75) is 20.3 Å². The number of aliphatic carboxylic acids is 1. The van der Waals surface area contributed by atoms with Crippen LogP contribution in [0.3, 0.4) is 0 Å². The summed E-state index contributed by atoms with van der Waals surface area (Å²) in [7, 11) is 3.75. The minimum Gasteiger partial charge on any atom is -0.481 e. The van der Waals surface area contributed by atoms with Crippen LogP contribution in [0.1, 0.15) is 20.3 Å². The second kappa shape index (κ2) is 6.86. The third kappa shape index (κ3) is 5.05. The first kappa shape index (κ1) is 13.5. The number of hydrogen-bond acceptors (Lipinski definition) is 2. The lowest BCUT2D eigenvalue weighted by Gasteiger charge is -2.13. The highest BCUT2D eigenvalue weighted by molar-refractivity contribution is 5.67. The Bertz CT molecular complexity index is 297. The van der Waals surface area contributed by atoms with Crippen molar-refractivity contribution in [3.63, 3.8) is 0 Å². The molecule has 5 heteroatoms. The summed E-state index contributed by atoms with van der Waals surface area (Å²) in [5.41, 5.74) is 0.990. The SMILES string of the molecule is CC.CN(CCC(=O)O)c1c[nH][n+](C)c1. The van der Waals surface area contributed by atoms with E-state index in [-0.39, 0.29) is 6.42 Å². The van der Waals surface area contributed by atoms with Gasteiger partial charge < -0.3 is 10.0 Å². The van der Waals surface area contributed by atoms with Crippen molar-refractivity contribution in [2.75, 3.05) is 18.5 Å². The molecular weight excluding hydrogens is 194 g/mol. The second-order valence-electron chi connectivity index (χ2n) is 3.00. The number of carboxylic acids is 1. The first-order valence-corrected chi connectivity index (χ1v) is 5.06. The molecule has 0 saturated carbocycles. The zero-order valence-electron chi connectivity index (χ0n) is 9.82. The van der Waals surface area contributed by atoms with Crippen LogP contribution in [0.4, 0.5) is 5.69 Å². The van der Waals surface area contributed by atoms with Crippen molar-refractivity contribution < 1.29 is 14.6 Å². The van der Waals surface area contributed by atoms with E-state index in [0.717, 1.165) is 5.69 Å². The molecule has 0 amide bonds. The van der Waals surface area contributed by atoms with Gasteiger partial charge in [0.05, 0.1) is 12.6 Å². The molecule has 0 radical (unpaired) electrons. The Kier molecular flexibility index (Phi) is 6.17. The molecule has 15 heavy (non-hydrogen) atoms. The summed E-state index contributed by atoms with van der Waals surface area (Å²) in [6.07, 6.45) is 3.90. The fourth-order valence-electron chi connectivity index (χ4n) is 1.04. The van der Waals surface area contributed by atoms with E-state index < -0.39 is 5.97 Å². The predicted octanol–water partition coefficient (Wildman–Crippen LogP) is 0.776. The lowest BCUT2D eigenvalue weighted by Crippen LogP contribution is -2.28. The Morgan fingerprint density at radius 2 is 2.20 bits per heavy atom. The first-order chi connectivity index (χ1) is 7.09. The summed E-state index contributed by atoms with van der Waals surface area (Å²) < 4.78 is 1.81. The summed E-state index contributed by atoms with van der Waals surface area (Å²) >= 11 is 0. The van der Waals surface area contributed by atoms with Crippen molar-refractivity contribution >= 4 is 11.7 Å². The van der Waals surface area contributed by atoms with Crippen molar-refractivity contribution in [3.05, 3.63) is 12.4 Å². The van der Waals surface area contributed by atoms with Crippen LogP contribution < -0.4 is 9.58 Å². The summed E-state index contributed by atoms with van der Waals surface area (Å²) in [5.74, 6) is -0.772. The Balaban J connectivity index is 0.000000921. The summed E-state index contributed by atoms with van der Waals surface area (Å²) in [6.45, 7) is 4.52. The van der Waals surface area contributed by atoms with Crippen molar-refractivity contribution in [3.8, 4) is 0 Å². The maximum absolute atomic E-state index is 10.3. The Morgan fingerprint density at radius 1 is 1.60 bits per heavy atom. The molecule has 0 saturated heterocycles. The van der Waals surface area contributed by atoms with Crippen LogP contribution in [0.25, 0.3) is 0 Å². The van der Waals surface area contributed by atoms with Gasteiger partial charge in [0.25, 0.3) is 0 Å². The monoisotopic (exact) mass is 214 g/mol. The molecular formula is C10H20N3O2+. The molecule has 0 aliphatic rings. The first-order valence-electron chi connectivity index (χ1n) is 5.06. The number of aromatic amines is 1. The Hall–Kier alpha value is -1.52. The van der Waals surface area contributed by atoms with Crippen LogP contribution >= 0.6 is 0 Å². The summed E-state index contributed by atoms with van der Waals surface area (Å²) in [5, 5.41) is 11.4. The number of rotatable bonds is 4. The van der Waals surface area contributed by atoms with Crippen LogP contribution in [0.5, 0.6) is 0 Å². The maximum Gasteiger partial charge on any atom is 0.305 e. The number of H-pyrrole nitrogens is 1. The van der Waals surface area contributed by atoms with E-state index in [0.29, 0.717) is 6.54 Å². The van der Waals surface area contributed by atoms with Crippen LogP contribution in [0.2, 0.25) is 0 Å². The zero-order chi connectivity index (χ0) is 11.8. The van der Waals surface area contributed by atoms with Gasteiger partial charge in [-0.05, 0) is 0 Å². The third-order valence-corrected chi connectivity index (χ3v) is 1.84. The maximum atomic E-state index is 10.3. The van der Waals surface area contributed by atoms with Gasteiger partial charge in [-0.25, -0.2) is 0 Å². The van der Waals surface area contributed by atoms with E-state index in [1.807, 2.05) is 49.9 Å². The number of anilines is 1. The number of carboxylic acid groups (broad SMARTS) is 1. The van der Waals surface area contributed by atoms with E-state index in [9.17, 15) is 4.79 Å². The zero-order valence-corrected chi connectivity index (χ0v) is 9.82. The van der Waals surface area contributed by atoms with E-state index in [1.165, 1.54) is 0 Å². The summed E-state index contributed by atoms with van der Waals surface area (Å²) in [6, 6.07) is 0. The quantitative estimate of drug-likeness (QED) is 0.728. The van der Waals surface area contributed by atoms with Gasteiger partial charge in [-0.2, -0.15) is 5.10 Å². The molecule has 0 aliphatic heterocycles. The number of aryl methyl sites for hydroxylation is 1. The average molecular weight is 214 g/mol. The predicted molar refractivity (Wildman–Crippen MR) is 58.8 cm³/mol. The van der Waals surface area contributed by atoms with Gasteiger partial charge in [0, 0.05) is 13.6 Å². The molecule has 0 bridgehead atoms. The van der Waals surface area contributed by atoms with Crippen molar-refractivity contribution in [1.82, 2.24) is 5.10 Å². The van der Waals surface area contributed by atoms with Gasteiger partial charge in [0.1, 0.15) is 5.69 Å². The topological polar surface area (TPSA) is 60.2 Å². The minimum atomic E-state index is -0.772. The van der Waals surface area contributed by atoms with Gasteiger partial charge in [0.2, 0.25) is 6.20 Å². The Labute approximate surface area is 90.3 Å². The molecule has 0 atom stereocenters. The third-order valence-electron chi connectivity index (χ3n) is 1.84. The molecule has 0 aromatic carbocycles. The van der Waals surface area contributed by atoms with Gasteiger partial charge in [0.15, 0.2) is 7.05 Å². The molecule has 0 aliphatic carbocycles. The molecule has 0 unspecified atom stereocenters. The van der Waals surface area contributed by atoms with E-state index in [2.05, 4.69) is 5.10 Å². The number of carbonyl (C=O) groups is 1. The molecule has 1 aromatic heterocycles. The van der Waals surface area contributed by atoms with Crippen molar-refractivity contribution in [1.29, 1.82) is 0 Å². The standard InChI is InChI=1S/C8H13N3O2.C2H6/c1-10(4-3-8(12)13)7-5-9-11(2)6-7;1-2/h5-6H,3-4H2,1-2H3,(H,12,13);1-2H3/p+1. The minimum absolute atomic E-state index is 0.158. The van der Waals surface area contributed by atoms with Crippen LogP contribution in [0, 0.1) is 0 Å². The van der Waals surface area contributed by atoms with Crippen LogP contribution in [0.15, 0.2) is 12.4 Å². The molecule has 1 rings (SSSR count). The molecule has 1 aromatic rings. The van der Waals surface area contributed by atoms with Crippen LogP contribution in [-0.2, 0) is 11.8 Å². The number of hydrogen-bond donors (Lipinski definition) is 2. The average Bonchev–Trinajstić information content (AvgIpc) is 2.64. The van der Waals surface area contributed by atoms with E-state index in [1.54, 1.807) is 0 Å². The highest BCUT2D eigenvalue weighted by atomic mass is 16.4. The normalized spacial score (nSPS) is 9.07. The van der Waals surface area contributed by atoms with Gasteiger partial charge in [-0.3, -0.25) is 4.79 Å². The largest absolute Gasteiger partial charge is 0.481 e. The number of nitrogens with zero attached hydrogens (tertiary/aromatic N) is 2. The summed E-state index contributed by atoms with van der Waals surface area (Å²) in [4.78, 5) is 12.2. The lowest BCUT2D eigenvalue weighted by molar-refractivity contribution is -0.726.